The summed E-state index contributed by atoms with van der Waals surface area (Å²) in [6.45, 7) is 1.78. The van der Waals surface area contributed by atoms with Crippen LogP contribution in [0.15, 0.2) is 41.3 Å². The van der Waals surface area contributed by atoms with Crippen molar-refractivity contribution in [3.63, 3.8) is 0 Å². The first-order valence-corrected chi connectivity index (χ1v) is 9.47. The van der Waals surface area contributed by atoms with Crippen LogP contribution in [0.25, 0.3) is 11.0 Å². The Morgan fingerprint density at radius 1 is 1.14 bits per heavy atom. The van der Waals surface area contributed by atoms with Crippen molar-refractivity contribution in [2.75, 3.05) is 19.8 Å². The SMILES string of the molecule is O=C(O)N1CCc2c(c(=O)n(Cc3ccc4c(c3)OCCO4)c3ncccc23)C1. The number of carbonyl (C=O) groups is 1. The van der Waals surface area contributed by atoms with Crippen LogP contribution in [0, 0.1) is 0 Å². The Kier molecular flexibility index (Phi) is 4.12. The molecule has 2 aliphatic rings. The summed E-state index contributed by atoms with van der Waals surface area (Å²) in [5.41, 5.74) is 2.71. The highest BCUT2D eigenvalue weighted by Crippen LogP contribution is 2.31. The molecule has 1 N–H and O–H groups in total. The van der Waals surface area contributed by atoms with E-state index in [9.17, 15) is 14.7 Å². The summed E-state index contributed by atoms with van der Waals surface area (Å²) in [4.78, 5) is 30.5. The molecule has 1 amide bonds. The minimum Gasteiger partial charge on any atom is -0.486 e. The summed E-state index contributed by atoms with van der Waals surface area (Å²) in [6.07, 6.45) is 1.16. The van der Waals surface area contributed by atoms with Gasteiger partial charge in [-0.3, -0.25) is 9.36 Å². The van der Waals surface area contributed by atoms with Crippen molar-refractivity contribution in [2.45, 2.75) is 19.5 Å². The van der Waals surface area contributed by atoms with E-state index in [0.717, 1.165) is 16.5 Å². The number of hydrogen-bond donors (Lipinski definition) is 1. The van der Waals surface area contributed by atoms with Gasteiger partial charge in [-0.15, -0.1) is 0 Å². The van der Waals surface area contributed by atoms with Crippen molar-refractivity contribution in [1.29, 1.82) is 0 Å². The van der Waals surface area contributed by atoms with E-state index in [0.29, 0.717) is 55.4 Å². The Balaban J connectivity index is 1.63. The topological polar surface area (TPSA) is 93.9 Å². The first-order valence-electron chi connectivity index (χ1n) is 9.47. The van der Waals surface area contributed by atoms with Crippen molar-refractivity contribution in [3.05, 3.63) is 63.6 Å². The van der Waals surface area contributed by atoms with Crippen molar-refractivity contribution in [2.24, 2.45) is 0 Å². The molecule has 2 aromatic heterocycles. The highest BCUT2D eigenvalue weighted by atomic mass is 16.6. The van der Waals surface area contributed by atoms with Crippen LogP contribution < -0.4 is 15.0 Å². The zero-order chi connectivity index (χ0) is 20.0. The van der Waals surface area contributed by atoms with Crippen molar-refractivity contribution >= 4 is 17.1 Å². The van der Waals surface area contributed by atoms with Crippen LogP contribution >= 0.6 is 0 Å². The Morgan fingerprint density at radius 2 is 1.97 bits per heavy atom. The number of pyridine rings is 2. The highest BCUT2D eigenvalue weighted by Gasteiger charge is 2.26. The third kappa shape index (κ3) is 2.97. The second kappa shape index (κ2) is 6.80. The van der Waals surface area contributed by atoms with E-state index in [4.69, 9.17) is 9.47 Å². The number of fused-ring (bicyclic) bond motifs is 4. The number of hydrogen-bond acceptors (Lipinski definition) is 5. The van der Waals surface area contributed by atoms with E-state index in [1.165, 1.54) is 4.90 Å². The van der Waals surface area contributed by atoms with Crippen molar-refractivity contribution in [1.82, 2.24) is 14.5 Å². The fourth-order valence-corrected chi connectivity index (χ4v) is 4.04. The number of rotatable bonds is 2. The van der Waals surface area contributed by atoms with Crippen LogP contribution in [0.4, 0.5) is 4.79 Å². The molecule has 0 spiro atoms. The summed E-state index contributed by atoms with van der Waals surface area (Å²) >= 11 is 0. The molecule has 2 aliphatic heterocycles. The maximum absolute atomic E-state index is 13.3. The maximum atomic E-state index is 13.3. The Labute approximate surface area is 165 Å². The summed E-state index contributed by atoms with van der Waals surface area (Å²) in [5.74, 6) is 1.35. The molecular formula is C21H19N3O5. The van der Waals surface area contributed by atoms with E-state index in [-0.39, 0.29) is 12.1 Å². The molecule has 8 nitrogen and oxygen atoms in total. The molecule has 0 fully saturated rings. The predicted molar refractivity (Wildman–Crippen MR) is 105 cm³/mol. The second-order valence-electron chi connectivity index (χ2n) is 7.16. The molecule has 4 heterocycles. The number of amides is 1. The monoisotopic (exact) mass is 393 g/mol. The molecular weight excluding hydrogens is 374 g/mol. The molecule has 3 aromatic rings. The molecule has 29 heavy (non-hydrogen) atoms. The number of benzene rings is 1. The first-order chi connectivity index (χ1) is 14.1. The lowest BCUT2D eigenvalue weighted by molar-refractivity contribution is 0.139. The van der Waals surface area contributed by atoms with Crippen LogP contribution in [-0.4, -0.2) is 45.4 Å². The van der Waals surface area contributed by atoms with Crippen molar-refractivity contribution < 1.29 is 19.4 Å². The van der Waals surface area contributed by atoms with E-state index in [1.807, 2.05) is 30.3 Å². The molecule has 1 aromatic carbocycles. The fourth-order valence-electron chi connectivity index (χ4n) is 4.04. The van der Waals surface area contributed by atoms with E-state index < -0.39 is 6.09 Å². The number of ether oxygens (including phenoxy) is 2. The fraction of sp³-hybridized carbons (Fsp3) is 0.286. The lowest BCUT2D eigenvalue weighted by Gasteiger charge is -2.27. The van der Waals surface area contributed by atoms with Gasteiger partial charge in [0.2, 0.25) is 0 Å². The molecule has 0 aliphatic carbocycles. The average molecular weight is 393 g/mol. The summed E-state index contributed by atoms with van der Waals surface area (Å²) < 4.78 is 12.8. The van der Waals surface area contributed by atoms with Gasteiger partial charge in [0.1, 0.15) is 18.9 Å². The van der Waals surface area contributed by atoms with Crippen LogP contribution in [-0.2, 0) is 19.5 Å². The zero-order valence-electron chi connectivity index (χ0n) is 15.6. The largest absolute Gasteiger partial charge is 0.486 e. The zero-order valence-corrected chi connectivity index (χ0v) is 15.6. The maximum Gasteiger partial charge on any atom is 0.407 e. The smallest absolute Gasteiger partial charge is 0.407 e. The third-order valence-electron chi connectivity index (χ3n) is 5.43. The van der Waals surface area contributed by atoms with Gasteiger partial charge in [-0.2, -0.15) is 0 Å². The highest BCUT2D eigenvalue weighted by molar-refractivity contribution is 5.81. The molecule has 0 saturated carbocycles. The van der Waals surface area contributed by atoms with Gasteiger partial charge < -0.3 is 19.5 Å². The van der Waals surface area contributed by atoms with Gasteiger partial charge in [-0.1, -0.05) is 6.07 Å². The summed E-state index contributed by atoms with van der Waals surface area (Å²) in [7, 11) is 0. The Bertz CT molecular complexity index is 1190. The first kappa shape index (κ1) is 17.5. The minimum absolute atomic E-state index is 0.0927. The molecule has 148 valence electrons. The van der Waals surface area contributed by atoms with Crippen LogP contribution in [0.1, 0.15) is 16.7 Å². The third-order valence-corrected chi connectivity index (χ3v) is 5.43. The predicted octanol–water partition coefficient (Wildman–Crippen LogP) is 2.25. The standard InChI is InChI=1S/C21H19N3O5/c25-20-16-12-23(21(26)27)7-5-14(16)15-2-1-6-22-19(15)24(20)11-13-3-4-17-18(10-13)29-9-8-28-17/h1-4,6,10H,5,7-9,11-12H2,(H,26,27). The van der Waals surface area contributed by atoms with Gasteiger partial charge in [0.05, 0.1) is 13.1 Å². The summed E-state index contributed by atoms with van der Waals surface area (Å²) in [6, 6.07) is 9.40. The van der Waals surface area contributed by atoms with Crippen LogP contribution in [0.2, 0.25) is 0 Å². The Morgan fingerprint density at radius 3 is 2.79 bits per heavy atom. The van der Waals surface area contributed by atoms with Crippen molar-refractivity contribution in [3.8, 4) is 11.5 Å². The van der Waals surface area contributed by atoms with Gasteiger partial charge in [0.15, 0.2) is 11.5 Å². The molecule has 0 saturated heterocycles. The molecule has 0 bridgehead atoms. The lowest BCUT2D eigenvalue weighted by Crippen LogP contribution is -2.40. The molecule has 8 heteroatoms. The van der Waals surface area contributed by atoms with E-state index in [2.05, 4.69) is 4.98 Å². The molecule has 0 atom stereocenters. The average Bonchev–Trinajstić information content (AvgIpc) is 2.76. The Hall–Kier alpha value is -3.55. The van der Waals surface area contributed by atoms with Gasteiger partial charge in [-0.05, 0) is 41.8 Å². The summed E-state index contributed by atoms with van der Waals surface area (Å²) in [5, 5.41) is 10.3. The molecule has 5 rings (SSSR count). The van der Waals surface area contributed by atoms with Gasteiger partial charge in [-0.25, -0.2) is 9.78 Å². The van der Waals surface area contributed by atoms with Gasteiger partial charge in [0, 0.05) is 23.7 Å². The van der Waals surface area contributed by atoms with Gasteiger partial charge >= 0.3 is 6.09 Å². The normalized spacial score (nSPS) is 15.2. The second-order valence-corrected chi connectivity index (χ2v) is 7.16. The quantitative estimate of drug-likeness (QED) is 0.718. The van der Waals surface area contributed by atoms with Crippen LogP contribution in [0.5, 0.6) is 11.5 Å². The number of aromatic nitrogens is 2. The lowest BCUT2D eigenvalue weighted by atomic mass is 9.97. The van der Waals surface area contributed by atoms with Crippen LogP contribution in [0.3, 0.4) is 0 Å². The van der Waals surface area contributed by atoms with E-state index in [1.54, 1.807) is 10.8 Å². The number of carboxylic acid groups (broad SMARTS) is 1. The van der Waals surface area contributed by atoms with Gasteiger partial charge in [0.25, 0.3) is 5.56 Å². The minimum atomic E-state index is -1.01. The number of nitrogens with zero attached hydrogens (tertiary/aromatic N) is 3. The van der Waals surface area contributed by atoms with E-state index >= 15 is 0 Å². The molecule has 0 radical (unpaired) electrons. The molecule has 0 unspecified atom stereocenters.